The smallest absolute Gasteiger partial charge is 0.344 e. The van der Waals surface area contributed by atoms with Gasteiger partial charge in [-0.3, -0.25) is 30.3 Å². The SMILES string of the molecule is CCOc1cc(/C=C/[N+](=O)[O-])ccc1OC(=O)c1cc([N+](=O)[O-])cc([N+](=O)[O-])c1. The Morgan fingerprint density at radius 3 is 2.10 bits per heavy atom. The van der Waals surface area contributed by atoms with E-state index in [0.717, 1.165) is 24.4 Å². The molecule has 0 atom stereocenters. The summed E-state index contributed by atoms with van der Waals surface area (Å²) in [5, 5.41) is 32.3. The molecule has 0 N–H and O–H groups in total. The van der Waals surface area contributed by atoms with E-state index in [1.165, 1.54) is 24.3 Å². The molecule has 0 unspecified atom stereocenters. The molecule has 0 fully saturated rings. The lowest BCUT2D eigenvalue weighted by Gasteiger charge is -2.11. The lowest BCUT2D eigenvalue weighted by molar-refractivity contribution is -0.400. The van der Waals surface area contributed by atoms with Crippen molar-refractivity contribution in [1.82, 2.24) is 0 Å². The van der Waals surface area contributed by atoms with Crippen molar-refractivity contribution < 1.29 is 29.0 Å². The zero-order valence-electron chi connectivity index (χ0n) is 14.8. The van der Waals surface area contributed by atoms with Crippen LogP contribution in [0, 0.1) is 30.3 Å². The fourth-order valence-electron chi connectivity index (χ4n) is 2.21. The van der Waals surface area contributed by atoms with Crippen LogP contribution in [0.1, 0.15) is 22.8 Å². The molecule has 0 heterocycles. The Bertz CT molecular complexity index is 985. The van der Waals surface area contributed by atoms with Gasteiger partial charge in [0, 0.05) is 18.2 Å². The van der Waals surface area contributed by atoms with Crippen molar-refractivity contribution in [3.63, 3.8) is 0 Å². The number of hydrogen-bond donors (Lipinski definition) is 0. The van der Waals surface area contributed by atoms with Crippen LogP contribution in [0.15, 0.2) is 42.6 Å². The Kier molecular flexibility index (Phi) is 6.53. The van der Waals surface area contributed by atoms with Crippen molar-refractivity contribution in [3.8, 4) is 11.5 Å². The second kappa shape index (κ2) is 9.03. The first kappa shape index (κ1) is 21.0. The van der Waals surface area contributed by atoms with Crippen LogP contribution in [-0.2, 0) is 0 Å². The topological polar surface area (TPSA) is 165 Å². The number of benzene rings is 2. The molecule has 150 valence electrons. The Balaban J connectivity index is 2.38. The molecule has 12 nitrogen and oxygen atoms in total. The van der Waals surface area contributed by atoms with Crippen LogP contribution in [0.4, 0.5) is 11.4 Å². The van der Waals surface area contributed by atoms with Gasteiger partial charge in [0.1, 0.15) is 0 Å². The fourth-order valence-corrected chi connectivity index (χ4v) is 2.21. The van der Waals surface area contributed by atoms with Crippen molar-refractivity contribution in [1.29, 1.82) is 0 Å². The average molecular weight is 403 g/mol. The monoisotopic (exact) mass is 403 g/mol. The van der Waals surface area contributed by atoms with Gasteiger partial charge in [0.2, 0.25) is 6.20 Å². The van der Waals surface area contributed by atoms with E-state index in [1.54, 1.807) is 6.92 Å². The molecule has 0 spiro atoms. The van der Waals surface area contributed by atoms with Crippen molar-refractivity contribution in [2.75, 3.05) is 6.61 Å². The first-order valence-corrected chi connectivity index (χ1v) is 7.96. The van der Waals surface area contributed by atoms with Crippen LogP contribution in [0.2, 0.25) is 0 Å². The highest BCUT2D eigenvalue weighted by Gasteiger charge is 2.22. The summed E-state index contributed by atoms with van der Waals surface area (Å²) in [6, 6.07) is 6.55. The molecular weight excluding hydrogens is 390 g/mol. The summed E-state index contributed by atoms with van der Waals surface area (Å²) in [6.07, 6.45) is 1.93. The van der Waals surface area contributed by atoms with Crippen LogP contribution < -0.4 is 9.47 Å². The predicted octanol–water partition coefficient (Wildman–Crippen LogP) is 3.37. The van der Waals surface area contributed by atoms with Crippen LogP contribution in [0.3, 0.4) is 0 Å². The molecule has 2 rings (SSSR count). The van der Waals surface area contributed by atoms with E-state index in [2.05, 4.69) is 0 Å². The number of rotatable bonds is 8. The molecule has 0 aromatic heterocycles. The van der Waals surface area contributed by atoms with Gasteiger partial charge in [-0.1, -0.05) is 6.07 Å². The van der Waals surface area contributed by atoms with Crippen molar-refractivity contribution in [2.45, 2.75) is 6.92 Å². The molecule has 0 aliphatic carbocycles. The molecule has 0 saturated carbocycles. The third-order valence-corrected chi connectivity index (χ3v) is 3.42. The maximum Gasteiger partial charge on any atom is 0.344 e. The van der Waals surface area contributed by atoms with E-state index in [4.69, 9.17) is 9.47 Å². The molecule has 0 amide bonds. The number of carbonyl (C=O) groups excluding carboxylic acids is 1. The van der Waals surface area contributed by atoms with Crippen LogP contribution in [-0.4, -0.2) is 27.3 Å². The summed E-state index contributed by atoms with van der Waals surface area (Å²) >= 11 is 0. The third-order valence-electron chi connectivity index (χ3n) is 3.42. The van der Waals surface area contributed by atoms with Gasteiger partial charge in [0.15, 0.2) is 11.5 Å². The fraction of sp³-hybridized carbons (Fsp3) is 0.118. The number of carbonyl (C=O) groups is 1. The summed E-state index contributed by atoms with van der Waals surface area (Å²) in [5.41, 5.74) is -1.28. The Morgan fingerprint density at radius 1 is 0.966 bits per heavy atom. The summed E-state index contributed by atoms with van der Waals surface area (Å²) in [4.78, 5) is 42.3. The van der Waals surface area contributed by atoms with Gasteiger partial charge in [0.25, 0.3) is 11.4 Å². The predicted molar refractivity (Wildman–Crippen MR) is 98.3 cm³/mol. The molecule has 0 aliphatic heterocycles. The normalized spacial score (nSPS) is 10.5. The van der Waals surface area contributed by atoms with Crippen molar-refractivity contribution in [3.05, 3.63) is 84.1 Å². The van der Waals surface area contributed by atoms with E-state index < -0.39 is 37.7 Å². The second-order valence-corrected chi connectivity index (χ2v) is 5.38. The van der Waals surface area contributed by atoms with Gasteiger partial charge in [-0.05, 0) is 24.6 Å². The molecule has 2 aromatic carbocycles. The van der Waals surface area contributed by atoms with Crippen molar-refractivity contribution >= 4 is 23.4 Å². The highest BCUT2D eigenvalue weighted by atomic mass is 16.6. The van der Waals surface area contributed by atoms with Crippen LogP contribution in [0.5, 0.6) is 11.5 Å². The first-order valence-electron chi connectivity index (χ1n) is 7.96. The van der Waals surface area contributed by atoms with Gasteiger partial charge in [0.05, 0.1) is 33.0 Å². The number of nitrogens with zero attached hydrogens (tertiary/aromatic N) is 3. The number of nitro benzene ring substituents is 2. The highest BCUT2D eigenvalue weighted by Crippen LogP contribution is 2.31. The van der Waals surface area contributed by atoms with Crippen LogP contribution in [0.25, 0.3) is 6.08 Å². The zero-order chi connectivity index (χ0) is 21.6. The summed E-state index contributed by atoms with van der Waals surface area (Å²) in [7, 11) is 0. The minimum absolute atomic E-state index is 0.0655. The van der Waals surface area contributed by atoms with Gasteiger partial charge in [-0.15, -0.1) is 0 Å². The Hall–Kier alpha value is -4.35. The van der Waals surface area contributed by atoms with Crippen molar-refractivity contribution in [2.24, 2.45) is 0 Å². The molecule has 0 saturated heterocycles. The van der Waals surface area contributed by atoms with Crippen LogP contribution >= 0.6 is 0 Å². The maximum atomic E-state index is 12.4. The second-order valence-electron chi connectivity index (χ2n) is 5.38. The quantitative estimate of drug-likeness (QED) is 0.278. The molecular formula is C17H13N3O9. The Morgan fingerprint density at radius 2 is 1.59 bits per heavy atom. The van der Waals surface area contributed by atoms with E-state index in [1.807, 2.05) is 0 Å². The molecule has 0 radical (unpaired) electrons. The van der Waals surface area contributed by atoms with E-state index in [-0.39, 0.29) is 18.1 Å². The largest absolute Gasteiger partial charge is 0.490 e. The van der Waals surface area contributed by atoms with Gasteiger partial charge in [-0.25, -0.2) is 4.79 Å². The minimum atomic E-state index is -1.08. The molecule has 0 bridgehead atoms. The van der Waals surface area contributed by atoms with E-state index >= 15 is 0 Å². The molecule has 0 aliphatic rings. The first-order chi connectivity index (χ1) is 13.7. The zero-order valence-corrected chi connectivity index (χ0v) is 14.8. The molecule has 2 aromatic rings. The number of esters is 1. The molecule has 29 heavy (non-hydrogen) atoms. The summed E-state index contributed by atoms with van der Waals surface area (Å²) in [5.74, 6) is -1.05. The van der Waals surface area contributed by atoms with E-state index in [9.17, 15) is 35.1 Å². The summed E-state index contributed by atoms with van der Waals surface area (Å²) in [6.45, 7) is 1.85. The lowest BCUT2D eigenvalue weighted by Crippen LogP contribution is -2.11. The average Bonchev–Trinajstić information content (AvgIpc) is 2.67. The maximum absolute atomic E-state index is 12.4. The number of hydrogen-bond acceptors (Lipinski definition) is 9. The number of non-ortho nitro benzene ring substituents is 2. The lowest BCUT2D eigenvalue weighted by atomic mass is 10.1. The highest BCUT2D eigenvalue weighted by molar-refractivity contribution is 5.93. The number of nitro groups is 3. The number of ether oxygens (including phenoxy) is 2. The Labute approximate surface area is 162 Å². The minimum Gasteiger partial charge on any atom is -0.490 e. The van der Waals surface area contributed by atoms with Gasteiger partial charge >= 0.3 is 5.97 Å². The van der Waals surface area contributed by atoms with Gasteiger partial charge < -0.3 is 9.47 Å². The molecule has 12 heteroatoms. The third kappa shape index (κ3) is 5.56. The standard InChI is InChI=1S/C17H13N3O9/c1-2-28-16-7-11(5-6-18(22)23)3-4-15(16)29-17(21)12-8-13(19(24)25)10-14(9-12)20(26)27/h3-10H,2H2,1H3/b6-5+. The summed E-state index contributed by atoms with van der Waals surface area (Å²) < 4.78 is 10.5. The van der Waals surface area contributed by atoms with E-state index in [0.29, 0.717) is 5.56 Å². The van der Waals surface area contributed by atoms with Gasteiger partial charge in [-0.2, -0.15) is 0 Å².